The number of anilines is 2. The van der Waals surface area contributed by atoms with Gasteiger partial charge in [0.15, 0.2) is 0 Å². The first-order valence-electron chi connectivity index (χ1n) is 7.65. The van der Waals surface area contributed by atoms with Gasteiger partial charge in [0.05, 0.1) is 18.7 Å². The van der Waals surface area contributed by atoms with Crippen LogP contribution in [-0.4, -0.2) is 25.0 Å². The van der Waals surface area contributed by atoms with Crippen LogP contribution in [0.4, 0.5) is 11.4 Å². The topological polar surface area (TPSA) is 67.4 Å². The molecule has 1 amide bonds. The number of ether oxygens (including phenoxy) is 1. The number of hydrogen-bond acceptors (Lipinski definition) is 4. The average Bonchev–Trinajstić information content (AvgIpc) is 2.60. The smallest absolute Gasteiger partial charge is 0.338 e. The molecule has 2 N–H and O–H groups in total. The lowest BCUT2D eigenvalue weighted by Crippen LogP contribution is -2.21. The Morgan fingerprint density at radius 3 is 2.25 bits per heavy atom. The van der Waals surface area contributed by atoms with E-state index in [9.17, 15) is 9.59 Å². The molecule has 2 aromatic carbocycles. The Kier molecular flexibility index (Phi) is 7.05. The highest BCUT2D eigenvalue weighted by Gasteiger charge is 2.07. The maximum atomic E-state index is 11.9. The summed E-state index contributed by atoms with van der Waals surface area (Å²) in [6.07, 6.45) is 0.785. The number of hydrogen-bond donors (Lipinski definition) is 2. The van der Waals surface area contributed by atoms with Crippen molar-refractivity contribution in [2.24, 2.45) is 0 Å². The number of carbonyl (C=O) groups is 2. The molecule has 0 unspecified atom stereocenters. The normalized spacial score (nSPS) is 10.1. The first-order valence-corrected chi connectivity index (χ1v) is 8.73. The van der Waals surface area contributed by atoms with E-state index in [-0.39, 0.29) is 18.4 Å². The fourth-order valence-electron chi connectivity index (χ4n) is 1.92. The van der Waals surface area contributed by atoms with Crippen molar-refractivity contribution in [3.05, 3.63) is 57.7 Å². The number of carbonyl (C=O) groups excluding carboxylic acids is 2. The van der Waals surface area contributed by atoms with Crippen molar-refractivity contribution >= 4 is 45.8 Å². The standard InChI is InChI=1S/C18H19IN2O3/c1-2-11-24-18(23)13-3-7-16(8-4-13)21-17(22)12-20-15-9-5-14(19)6-10-15/h3-10,20H,2,11-12H2,1H3,(H,21,22). The maximum absolute atomic E-state index is 11.9. The zero-order valence-corrected chi connectivity index (χ0v) is 15.5. The second-order valence-corrected chi connectivity index (χ2v) is 6.37. The molecule has 0 atom stereocenters. The minimum Gasteiger partial charge on any atom is -0.462 e. The van der Waals surface area contributed by atoms with E-state index < -0.39 is 0 Å². The highest BCUT2D eigenvalue weighted by atomic mass is 127. The third kappa shape index (κ3) is 5.84. The van der Waals surface area contributed by atoms with E-state index in [2.05, 4.69) is 33.2 Å². The predicted octanol–water partition coefficient (Wildman–Crippen LogP) is 3.91. The van der Waals surface area contributed by atoms with E-state index in [1.54, 1.807) is 24.3 Å². The van der Waals surface area contributed by atoms with Crippen molar-refractivity contribution in [3.8, 4) is 0 Å². The monoisotopic (exact) mass is 438 g/mol. The molecule has 0 aromatic heterocycles. The molecular formula is C18H19IN2O3. The molecule has 126 valence electrons. The molecule has 0 fully saturated rings. The minimum atomic E-state index is -0.352. The molecular weight excluding hydrogens is 419 g/mol. The Morgan fingerprint density at radius 1 is 1.00 bits per heavy atom. The average molecular weight is 438 g/mol. The molecule has 2 aromatic rings. The quantitative estimate of drug-likeness (QED) is 0.508. The van der Waals surface area contributed by atoms with Crippen molar-refractivity contribution in [1.29, 1.82) is 0 Å². The van der Waals surface area contributed by atoms with Gasteiger partial charge in [0.1, 0.15) is 0 Å². The molecule has 0 bridgehead atoms. The van der Waals surface area contributed by atoms with Gasteiger partial charge in [0, 0.05) is 14.9 Å². The summed E-state index contributed by atoms with van der Waals surface area (Å²) in [5, 5.41) is 5.83. The zero-order chi connectivity index (χ0) is 17.4. The molecule has 2 rings (SSSR count). The van der Waals surface area contributed by atoms with Crippen LogP contribution >= 0.6 is 22.6 Å². The Hall–Kier alpha value is -2.09. The molecule has 0 aliphatic carbocycles. The molecule has 0 saturated carbocycles. The van der Waals surface area contributed by atoms with Crippen molar-refractivity contribution in [2.75, 3.05) is 23.8 Å². The van der Waals surface area contributed by atoms with Crippen LogP contribution in [0.25, 0.3) is 0 Å². The highest BCUT2D eigenvalue weighted by Crippen LogP contribution is 2.12. The highest BCUT2D eigenvalue weighted by molar-refractivity contribution is 14.1. The molecule has 0 spiro atoms. The SMILES string of the molecule is CCCOC(=O)c1ccc(NC(=O)CNc2ccc(I)cc2)cc1. The number of rotatable bonds is 7. The van der Waals surface area contributed by atoms with Gasteiger partial charge < -0.3 is 15.4 Å². The van der Waals surface area contributed by atoms with Gasteiger partial charge in [-0.15, -0.1) is 0 Å². The Bertz CT molecular complexity index is 684. The third-order valence-electron chi connectivity index (χ3n) is 3.14. The first-order chi connectivity index (χ1) is 11.6. The second kappa shape index (κ2) is 9.27. The zero-order valence-electron chi connectivity index (χ0n) is 13.3. The lowest BCUT2D eigenvalue weighted by Gasteiger charge is -2.09. The lowest BCUT2D eigenvalue weighted by molar-refractivity contribution is -0.114. The molecule has 6 heteroatoms. The van der Waals surface area contributed by atoms with Crippen LogP contribution in [0.3, 0.4) is 0 Å². The van der Waals surface area contributed by atoms with Crippen LogP contribution in [0.2, 0.25) is 0 Å². The Morgan fingerprint density at radius 2 is 1.62 bits per heavy atom. The van der Waals surface area contributed by atoms with Gasteiger partial charge in [-0.05, 0) is 77.5 Å². The van der Waals surface area contributed by atoms with Crippen LogP contribution in [0, 0.1) is 3.57 Å². The molecule has 0 aliphatic heterocycles. The van der Waals surface area contributed by atoms with Crippen molar-refractivity contribution in [1.82, 2.24) is 0 Å². The van der Waals surface area contributed by atoms with E-state index in [0.29, 0.717) is 17.9 Å². The van der Waals surface area contributed by atoms with Crippen molar-refractivity contribution in [3.63, 3.8) is 0 Å². The lowest BCUT2D eigenvalue weighted by atomic mass is 10.2. The van der Waals surface area contributed by atoms with Gasteiger partial charge >= 0.3 is 5.97 Å². The summed E-state index contributed by atoms with van der Waals surface area (Å²) < 4.78 is 6.20. The fourth-order valence-corrected chi connectivity index (χ4v) is 2.28. The number of amides is 1. The Labute approximate surface area is 154 Å². The van der Waals surface area contributed by atoms with Gasteiger partial charge in [-0.1, -0.05) is 6.92 Å². The molecule has 24 heavy (non-hydrogen) atoms. The van der Waals surface area contributed by atoms with E-state index >= 15 is 0 Å². The number of esters is 1. The Balaban J connectivity index is 1.83. The number of benzene rings is 2. The second-order valence-electron chi connectivity index (χ2n) is 5.12. The van der Waals surface area contributed by atoms with Gasteiger partial charge in [0.2, 0.25) is 5.91 Å². The van der Waals surface area contributed by atoms with Crippen LogP contribution in [0.15, 0.2) is 48.5 Å². The summed E-state index contributed by atoms with van der Waals surface area (Å²) in [4.78, 5) is 23.6. The van der Waals surface area contributed by atoms with Crippen LogP contribution in [-0.2, 0) is 9.53 Å². The van der Waals surface area contributed by atoms with Gasteiger partial charge in [-0.3, -0.25) is 4.79 Å². The molecule has 5 nitrogen and oxygen atoms in total. The molecule has 0 heterocycles. The van der Waals surface area contributed by atoms with Crippen molar-refractivity contribution < 1.29 is 14.3 Å². The van der Waals surface area contributed by atoms with E-state index in [0.717, 1.165) is 15.7 Å². The molecule has 0 aliphatic rings. The summed E-state index contributed by atoms with van der Waals surface area (Å²) in [6.45, 7) is 2.51. The first kappa shape index (κ1) is 18.3. The van der Waals surface area contributed by atoms with Gasteiger partial charge in [-0.2, -0.15) is 0 Å². The van der Waals surface area contributed by atoms with Crippen LogP contribution in [0.1, 0.15) is 23.7 Å². The third-order valence-corrected chi connectivity index (χ3v) is 3.86. The summed E-state index contributed by atoms with van der Waals surface area (Å²) in [7, 11) is 0. The number of halogens is 1. The summed E-state index contributed by atoms with van der Waals surface area (Å²) in [5.74, 6) is -0.509. The maximum Gasteiger partial charge on any atom is 0.338 e. The molecule has 0 saturated heterocycles. The summed E-state index contributed by atoms with van der Waals surface area (Å²) >= 11 is 2.23. The van der Waals surface area contributed by atoms with Gasteiger partial charge in [0.25, 0.3) is 0 Å². The minimum absolute atomic E-state index is 0.158. The van der Waals surface area contributed by atoms with Crippen LogP contribution < -0.4 is 10.6 Å². The summed E-state index contributed by atoms with van der Waals surface area (Å²) in [5.41, 5.74) is 1.99. The van der Waals surface area contributed by atoms with E-state index in [1.807, 2.05) is 31.2 Å². The van der Waals surface area contributed by atoms with E-state index in [4.69, 9.17) is 4.74 Å². The van der Waals surface area contributed by atoms with Crippen LogP contribution in [0.5, 0.6) is 0 Å². The molecule has 0 radical (unpaired) electrons. The fraction of sp³-hybridized carbons (Fsp3) is 0.222. The van der Waals surface area contributed by atoms with E-state index in [1.165, 1.54) is 0 Å². The largest absolute Gasteiger partial charge is 0.462 e. The van der Waals surface area contributed by atoms with Crippen molar-refractivity contribution in [2.45, 2.75) is 13.3 Å². The number of nitrogens with one attached hydrogen (secondary N) is 2. The van der Waals surface area contributed by atoms with Gasteiger partial charge in [-0.25, -0.2) is 4.79 Å². The predicted molar refractivity (Wildman–Crippen MR) is 103 cm³/mol. The summed E-state index contributed by atoms with van der Waals surface area (Å²) in [6, 6.07) is 14.4.